The van der Waals surface area contributed by atoms with E-state index in [4.69, 9.17) is 0 Å². The van der Waals surface area contributed by atoms with E-state index in [-0.39, 0.29) is 17.6 Å². The van der Waals surface area contributed by atoms with Crippen molar-refractivity contribution in [3.8, 4) is 0 Å². The lowest BCUT2D eigenvalue weighted by molar-refractivity contribution is -0.137. The Morgan fingerprint density at radius 1 is 1.29 bits per heavy atom. The van der Waals surface area contributed by atoms with Gasteiger partial charge in [-0.25, -0.2) is 0 Å². The summed E-state index contributed by atoms with van der Waals surface area (Å²) in [6.07, 6.45) is -1.55. The van der Waals surface area contributed by atoms with Crippen LogP contribution < -0.4 is 5.32 Å². The van der Waals surface area contributed by atoms with Gasteiger partial charge >= 0.3 is 6.18 Å². The van der Waals surface area contributed by atoms with Crippen LogP contribution in [0.2, 0.25) is 0 Å². The van der Waals surface area contributed by atoms with Crippen LogP contribution in [0.5, 0.6) is 0 Å². The summed E-state index contributed by atoms with van der Waals surface area (Å²) in [6, 6.07) is 4.89. The van der Waals surface area contributed by atoms with Crippen LogP contribution in [-0.4, -0.2) is 18.9 Å². The molecule has 116 valence electrons. The molecule has 21 heavy (non-hydrogen) atoms. The standard InChI is InChI=1S/C16H20F3NO/c1-2-15(8-3-9-20-11-15)14(21)10-12-4-6-13(7-5-12)16(17,18)19/h4-7,20H,2-3,8-11H2,1H3. The largest absolute Gasteiger partial charge is 0.416 e. The van der Waals surface area contributed by atoms with Crippen molar-refractivity contribution in [1.82, 2.24) is 5.32 Å². The van der Waals surface area contributed by atoms with Gasteiger partial charge in [0.05, 0.1) is 5.56 Å². The predicted molar refractivity (Wildman–Crippen MR) is 75.0 cm³/mol. The second-order valence-corrected chi connectivity index (χ2v) is 5.71. The zero-order valence-corrected chi connectivity index (χ0v) is 12.1. The Kier molecular flexibility index (Phi) is 4.71. The molecular weight excluding hydrogens is 279 g/mol. The Morgan fingerprint density at radius 3 is 2.43 bits per heavy atom. The highest BCUT2D eigenvalue weighted by atomic mass is 19.4. The van der Waals surface area contributed by atoms with E-state index >= 15 is 0 Å². The predicted octanol–water partition coefficient (Wildman–Crippen LogP) is 3.60. The highest BCUT2D eigenvalue weighted by molar-refractivity contribution is 5.87. The van der Waals surface area contributed by atoms with Crippen molar-refractivity contribution in [3.05, 3.63) is 35.4 Å². The zero-order valence-electron chi connectivity index (χ0n) is 12.1. The van der Waals surface area contributed by atoms with Crippen LogP contribution in [0.4, 0.5) is 13.2 Å². The number of benzene rings is 1. The molecule has 1 saturated heterocycles. The van der Waals surface area contributed by atoms with Gasteiger partial charge in [0.1, 0.15) is 5.78 Å². The van der Waals surface area contributed by atoms with Gasteiger partial charge in [-0.05, 0) is 43.5 Å². The molecule has 1 aromatic carbocycles. The Bertz CT molecular complexity index is 487. The number of rotatable bonds is 4. The fraction of sp³-hybridized carbons (Fsp3) is 0.562. The van der Waals surface area contributed by atoms with Crippen molar-refractivity contribution in [1.29, 1.82) is 0 Å². The Labute approximate surface area is 122 Å². The Hall–Kier alpha value is -1.36. The monoisotopic (exact) mass is 299 g/mol. The first kappa shape index (κ1) is 16.0. The van der Waals surface area contributed by atoms with Gasteiger partial charge < -0.3 is 5.32 Å². The summed E-state index contributed by atoms with van der Waals surface area (Å²) in [6.45, 7) is 3.59. The van der Waals surface area contributed by atoms with Crippen molar-refractivity contribution in [2.24, 2.45) is 5.41 Å². The van der Waals surface area contributed by atoms with Crippen molar-refractivity contribution >= 4 is 5.78 Å². The van der Waals surface area contributed by atoms with E-state index in [0.29, 0.717) is 12.1 Å². The van der Waals surface area contributed by atoms with E-state index in [9.17, 15) is 18.0 Å². The maximum Gasteiger partial charge on any atom is 0.416 e. The summed E-state index contributed by atoms with van der Waals surface area (Å²) in [4.78, 5) is 12.5. The highest BCUT2D eigenvalue weighted by Gasteiger charge is 2.37. The molecule has 2 nitrogen and oxygen atoms in total. The summed E-state index contributed by atoms with van der Waals surface area (Å²) in [5.74, 6) is 0.122. The average molecular weight is 299 g/mol. The lowest BCUT2D eigenvalue weighted by Gasteiger charge is -2.35. The van der Waals surface area contributed by atoms with Gasteiger partial charge in [0.25, 0.3) is 0 Å². The van der Waals surface area contributed by atoms with Gasteiger partial charge in [0.2, 0.25) is 0 Å². The molecule has 0 bridgehead atoms. The minimum Gasteiger partial charge on any atom is -0.316 e. The van der Waals surface area contributed by atoms with Gasteiger partial charge in [0.15, 0.2) is 0 Å². The third kappa shape index (κ3) is 3.64. The lowest BCUT2D eigenvalue weighted by Crippen LogP contribution is -2.45. The fourth-order valence-electron chi connectivity index (χ4n) is 2.89. The molecule has 0 aliphatic carbocycles. The van der Waals surface area contributed by atoms with Gasteiger partial charge in [-0.15, -0.1) is 0 Å². The van der Waals surface area contributed by atoms with Crippen LogP contribution in [-0.2, 0) is 17.4 Å². The molecule has 1 aliphatic heterocycles. The smallest absolute Gasteiger partial charge is 0.316 e. The molecule has 1 heterocycles. The third-order valence-electron chi connectivity index (χ3n) is 4.39. The van der Waals surface area contributed by atoms with Gasteiger partial charge in [-0.2, -0.15) is 13.2 Å². The first-order valence-electron chi connectivity index (χ1n) is 7.27. The maximum absolute atomic E-state index is 12.5. The lowest BCUT2D eigenvalue weighted by atomic mass is 9.73. The summed E-state index contributed by atoms with van der Waals surface area (Å²) in [5.41, 5.74) is -0.393. The first-order valence-corrected chi connectivity index (χ1v) is 7.27. The summed E-state index contributed by atoms with van der Waals surface area (Å²) in [5, 5.41) is 3.25. The van der Waals surface area contributed by atoms with Gasteiger partial charge in [-0.3, -0.25) is 4.79 Å². The van der Waals surface area contributed by atoms with E-state index in [0.717, 1.165) is 37.9 Å². The van der Waals surface area contributed by atoms with Crippen molar-refractivity contribution in [2.75, 3.05) is 13.1 Å². The topological polar surface area (TPSA) is 29.1 Å². The molecule has 1 N–H and O–H groups in total. The second kappa shape index (κ2) is 6.18. The molecule has 0 amide bonds. The quantitative estimate of drug-likeness (QED) is 0.920. The van der Waals surface area contributed by atoms with Gasteiger partial charge in [0, 0.05) is 18.4 Å². The Balaban J connectivity index is 2.08. The molecule has 1 fully saturated rings. The van der Waals surface area contributed by atoms with E-state index in [1.807, 2.05) is 6.92 Å². The highest BCUT2D eigenvalue weighted by Crippen LogP contribution is 2.33. The number of Topliss-reactive ketones (excluding diaryl/α,β-unsaturated/α-hetero) is 1. The average Bonchev–Trinajstić information content (AvgIpc) is 2.47. The first-order chi connectivity index (χ1) is 9.87. The number of carbonyl (C=O) groups excluding carboxylic acids is 1. The molecule has 0 spiro atoms. The van der Waals surface area contributed by atoms with Crippen LogP contribution in [0, 0.1) is 5.41 Å². The minimum absolute atomic E-state index is 0.122. The van der Waals surface area contributed by atoms with Crippen LogP contribution in [0.1, 0.15) is 37.3 Å². The number of hydrogen-bond donors (Lipinski definition) is 1. The molecule has 5 heteroatoms. The number of ketones is 1. The SMILES string of the molecule is CCC1(C(=O)Cc2ccc(C(F)(F)F)cc2)CCCNC1. The van der Waals surface area contributed by atoms with E-state index in [1.165, 1.54) is 12.1 Å². The van der Waals surface area contributed by atoms with Crippen LogP contribution in [0.15, 0.2) is 24.3 Å². The number of piperidine rings is 1. The number of nitrogens with one attached hydrogen (secondary N) is 1. The maximum atomic E-state index is 12.5. The van der Waals surface area contributed by atoms with Crippen LogP contribution >= 0.6 is 0 Å². The summed E-state index contributed by atoms with van der Waals surface area (Å²) < 4.78 is 37.5. The van der Waals surface area contributed by atoms with Gasteiger partial charge in [-0.1, -0.05) is 19.1 Å². The zero-order chi connectivity index (χ0) is 15.5. The number of hydrogen-bond acceptors (Lipinski definition) is 2. The number of alkyl halides is 3. The van der Waals surface area contributed by atoms with Crippen molar-refractivity contribution in [3.63, 3.8) is 0 Å². The van der Waals surface area contributed by atoms with Crippen LogP contribution in [0.25, 0.3) is 0 Å². The normalized spacial score (nSPS) is 23.0. The third-order valence-corrected chi connectivity index (χ3v) is 4.39. The molecule has 0 radical (unpaired) electrons. The molecule has 0 aromatic heterocycles. The molecule has 1 atom stereocenters. The molecule has 1 unspecified atom stereocenters. The molecular formula is C16H20F3NO. The molecule has 0 saturated carbocycles. The van der Waals surface area contributed by atoms with E-state index in [1.54, 1.807) is 0 Å². The van der Waals surface area contributed by atoms with Crippen LogP contribution in [0.3, 0.4) is 0 Å². The number of halogens is 3. The van der Waals surface area contributed by atoms with Crippen molar-refractivity contribution in [2.45, 2.75) is 38.8 Å². The summed E-state index contributed by atoms with van der Waals surface area (Å²) >= 11 is 0. The number of carbonyl (C=O) groups is 1. The molecule has 1 aromatic rings. The van der Waals surface area contributed by atoms with E-state index in [2.05, 4.69) is 5.32 Å². The minimum atomic E-state index is -4.33. The Morgan fingerprint density at radius 2 is 1.95 bits per heavy atom. The molecule has 1 aliphatic rings. The summed E-state index contributed by atoms with van der Waals surface area (Å²) in [7, 11) is 0. The van der Waals surface area contributed by atoms with Crippen molar-refractivity contribution < 1.29 is 18.0 Å². The fourth-order valence-corrected chi connectivity index (χ4v) is 2.89. The second-order valence-electron chi connectivity index (χ2n) is 5.71. The van der Waals surface area contributed by atoms with E-state index < -0.39 is 11.7 Å². The molecule has 2 rings (SSSR count).